The summed E-state index contributed by atoms with van der Waals surface area (Å²) in [5, 5.41) is 12.8. The highest BCUT2D eigenvalue weighted by Gasteiger charge is 2.36. The normalized spacial score (nSPS) is 19.9. The number of nitriles is 1. The Hall–Kier alpha value is -2.42. The van der Waals surface area contributed by atoms with E-state index in [0.717, 1.165) is 0 Å². The second-order valence-corrected chi connectivity index (χ2v) is 6.71. The third-order valence-corrected chi connectivity index (χ3v) is 4.18. The number of carbonyl (C=O) groups is 2. The molecule has 1 aliphatic carbocycles. The van der Waals surface area contributed by atoms with Gasteiger partial charge in [0.25, 0.3) is 5.91 Å². The first-order valence-electron chi connectivity index (χ1n) is 7.60. The van der Waals surface area contributed by atoms with E-state index >= 15 is 0 Å². The van der Waals surface area contributed by atoms with Gasteiger partial charge in [0.2, 0.25) is 0 Å². The number of hydrogen-bond donors (Lipinski definition) is 0. The zero-order chi connectivity index (χ0) is 17.2. The number of Topliss-reactive ketones (excluding diaryl/α,β-unsaturated/α-hetero) is 1. The molecule has 6 nitrogen and oxygen atoms in total. The smallest absolute Gasteiger partial charge is 0.275 e. The van der Waals surface area contributed by atoms with Gasteiger partial charge in [-0.1, -0.05) is 25.1 Å². The van der Waals surface area contributed by atoms with Gasteiger partial charge in [-0.05, 0) is 25.7 Å². The Morgan fingerprint density at radius 2 is 2.26 bits per heavy atom. The van der Waals surface area contributed by atoms with Crippen molar-refractivity contribution in [3.05, 3.63) is 29.2 Å². The molecule has 1 heterocycles. The SMILES string of the molecule is Cc1cc(C(=O)N(C)CCC2C=C(C#N)C(=O)C(C)(C)C2)no1. The van der Waals surface area contributed by atoms with Crippen LogP contribution in [0.3, 0.4) is 0 Å². The Morgan fingerprint density at radius 3 is 2.83 bits per heavy atom. The molecule has 0 aliphatic heterocycles. The zero-order valence-corrected chi connectivity index (χ0v) is 13.9. The lowest BCUT2D eigenvalue weighted by molar-refractivity contribution is -0.124. The van der Waals surface area contributed by atoms with E-state index < -0.39 is 5.41 Å². The van der Waals surface area contributed by atoms with Gasteiger partial charge in [-0.2, -0.15) is 5.26 Å². The molecule has 1 aromatic rings. The van der Waals surface area contributed by atoms with Crippen LogP contribution in [-0.2, 0) is 4.79 Å². The second-order valence-electron chi connectivity index (χ2n) is 6.71. The number of allylic oxidation sites excluding steroid dienone is 2. The first kappa shape index (κ1) is 16.9. The van der Waals surface area contributed by atoms with Crippen LogP contribution in [0.15, 0.2) is 22.2 Å². The summed E-state index contributed by atoms with van der Waals surface area (Å²) < 4.78 is 4.92. The Kier molecular flexibility index (Phi) is 4.69. The summed E-state index contributed by atoms with van der Waals surface area (Å²) in [5.74, 6) is 0.402. The molecule has 2 rings (SSSR count). The predicted octanol–water partition coefficient (Wildman–Crippen LogP) is 2.51. The Bertz CT molecular complexity index is 694. The van der Waals surface area contributed by atoms with Crippen molar-refractivity contribution in [3.63, 3.8) is 0 Å². The quantitative estimate of drug-likeness (QED) is 0.852. The molecule has 6 heteroatoms. The van der Waals surface area contributed by atoms with Gasteiger partial charge in [0.05, 0.1) is 5.57 Å². The minimum atomic E-state index is -0.531. The minimum Gasteiger partial charge on any atom is -0.361 e. The first-order chi connectivity index (χ1) is 10.7. The zero-order valence-electron chi connectivity index (χ0n) is 13.9. The summed E-state index contributed by atoms with van der Waals surface area (Å²) in [6.07, 6.45) is 3.12. The van der Waals surface area contributed by atoms with Crippen molar-refractivity contribution in [1.29, 1.82) is 5.26 Å². The lowest BCUT2D eigenvalue weighted by Gasteiger charge is -2.32. The maximum atomic E-state index is 12.2. The highest BCUT2D eigenvalue weighted by atomic mass is 16.5. The lowest BCUT2D eigenvalue weighted by Crippen LogP contribution is -2.34. The highest BCUT2D eigenvalue weighted by Crippen LogP contribution is 2.36. The molecular weight excluding hydrogens is 294 g/mol. The molecule has 0 aromatic carbocycles. The van der Waals surface area contributed by atoms with Crippen molar-refractivity contribution < 1.29 is 14.1 Å². The minimum absolute atomic E-state index is 0.0984. The predicted molar refractivity (Wildman–Crippen MR) is 83.4 cm³/mol. The van der Waals surface area contributed by atoms with Gasteiger partial charge in [0.1, 0.15) is 11.8 Å². The standard InChI is InChI=1S/C17H21N3O3/c1-11-7-14(19-23-11)16(22)20(4)6-5-12-8-13(10-18)15(21)17(2,3)9-12/h7-8,12H,5-6,9H2,1-4H3. The topological polar surface area (TPSA) is 87.2 Å². The van der Waals surface area contributed by atoms with Crippen LogP contribution in [0.5, 0.6) is 0 Å². The second kappa shape index (κ2) is 6.37. The largest absolute Gasteiger partial charge is 0.361 e. The summed E-state index contributed by atoms with van der Waals surface area (Å²) in [6, 6.07) is 3.59. The fourth-order valence-corrected chi connectivity index (χ4v) is 2.88. The summed E-state index contributed by atoms with van der Waals surface area (Å²) in [7, 11) is 1.71. The van der Waals surface area contributed by atoms with Crippen LogP contribution >= 0.6 is 0 Å². The molecule has 0 radical (unpaired) electrons. The van der Waals surface area contributed by atoms with Gasteiger partial charge >= 0.3 is 0 Å². The third kappa shape index (κ3) is 3.67. The number of carbonyl (C=O) groups excluding carboxylic acids is 2. The van der Waals surface area contributed by atoms with E-state index in [4.69, 9.17) is 9.78 Å². The van der Waals surface area contributed by atoms with Gasteiger partial charge in [0, 0.05) is 25.1 Å². The number of aryl methyl sites for hydroxylation is 1. The Morgan fingerprint density at radius 1 is 1.57 bits per heavy atom. The molecule has 23 heavy (non-hydrogen) atoms. The number of amides is 1. The molecule has 1 atom stereocenters. The first-order valence-corrected chi connectivity index (χ1v) is 7.60. The van der Waals surface area contributed by atoms with Crippen molar-refractivity contribution >= 4 is 11.7 Å². The number of rotatable bonds is 4. The lowest BCUT2D eigenvalue weighted by atomic mass is 9.71. The van der Waals surface area contributed by atoms with Crippen molar-refractivity contribution in [3.8, 4) is 6.07 Å². The molecule has 122 valence electrons. The van der Waals surface area contributed by atoms with Crippen LogP contribution < -0.4 is 0 Å². The molecule has 0 spiro atoms. The average Bonchev–Trinajstić information content (AvgIpc) is 2.93. The molecule has 0 saturated carbocycles. The molecule has 1 amide bonds. The van der Waals surface area contributed by atoms with Crippen LogP contribution in [0, 0.1) is 29.6 Å². The van der Waals surface area contributed by atoms with Crippen molar-refractivity contribution in [2.24, 2.45) is 11.3 Å². The molecule has 0 bridgehead atoms. The van der Waals surface area contributed by atoms with Gasteiger partial charge in [-0.25, -0.2) is 0 Å². The molecule has 0 fully saturated rings. The molecular formula is C17H21N3O3. The fraction of sp³-hybridized carbons (Fsp3) is 0.529. The van der Waals surface area contributed by atoms with Crippen LogP contribution in [-0.4, -0.2) is 35.3 Å². The number of nitrogens with zero attached hydrogens (tertiary/aromatic N) is 3. The van der Waals surface area contributed by atoms with Crippen molar-refractivity contribution in [2.45, 2.75) is 33.6 Å². The highest BCUT2D eigenvalue weighted by molar-refractivity contribution is 6.03. The maximum absolute atomic E-state index is 12.2. The molecule has 0 N–H and O–H groups in total. The molecule has 1 aromatic heterocycles. The fourth-order valence-electron chi connectivity index (χ4n) is 2.88. The van der Waals surface area contributed by atoms with Gasteiger partial charge < -0.3 is 9.42 Å². The third-order valence-electron chi connectivity index (χ3n) is 4.18. The Labute approximate surface area is 135 Å². The molecule has 1 unspecified atom stereocenters. The van der Waals surface area contributed by atoms with E-state index in [2.05, 4.69) is 5.16 Å². The van der Waals surface area contributed by atoms with E-state index in [9.17, 15) is 9.59 Å². The van der Waals surface area contributed by atoms with Gasteiger partial charge in [-0.15, -0.1) is 0 Å². The van der Waals surface area contributed by atoms with E-state index in [1.807, 2.05) is 19.9 Å². The van der Waals surface area contributed by atoms with E-state index in [1.54, 1.807) is 31.0 Å². The van der Waals surface area contributed by atoms with Crippen LogP contribution in [0.4, 0.5) is 0 Å². The Balaban J connectivity index is 2.00. The molecule has 1 aliphatic rings. The average molecular weight is 315 g/mol. The maximum Gasteiger partial charge on any atom is 0.275 e. The summed E-state index contributed by atoms with van der Waals surface area (Å²) in [4.78, 5) is 25.9. The van der Waals surface area contributed by atoms with Crippen LogP contribution in [0.1, 0.15) is 42.9 Å². The van der Waals surface area contributed by atoms with Crippen molar-refractivity contribution in [2.75, 3.05) is 13.6 Å². The van der Waals surface area contributed by atoms with Gasteiger partial charge in [-0.3, -0.25) is 9.59 Å². The number of aromatic nitrogens is 1. The monoisotopic (exact) mass is 315 g/mol. The number of hydrogen-bond acceptors (Lipinski definition) is 5. The van der Waals surface area contributed by atoms with Gasteiger partial charge in [0.15, 0.2) is 11.5 Å². The van der Waals surface area contributed by atoms with E-state index in [0.29, 0.717) is 25.1 Å². The van der Waals surface area contributed by atoms with Crippen LogP contribution in [0.2, 0.25) is 0 Å². The van der Waals surface area contributed by atoms with Crippen LogP contribution in [0.25, 0.3) is 0 Å². The number of ketones is 1. The summed E-state index contributed by atoms with van der Waals surface area (Å²) >= 11 is 0. The summed E-state index contributed by atoms with van der Waals surface area (Å²) in [6.45, 7) is 5.98. The van der Waals surface area contributed by atoms with E-state index in [-0.39, 0.29) is 28.9 Å². The van der Waals surface area contributed by atoms with E-state index in [1.165, 1.54) is 0 Å². The summed E-state index contributed by atoms with van der Waals surface area (Å²) in [5.41, 5.74) is -0.0132. The molecule has 0 saturated heterocycles. The van der Waals surface area contributed by atoms with Crippen molar-refractivity contribution in [1.82, 2.24) is 10.1 Å².